The molecule has 1 aromatic carbocycles. The van der Waals surface area contributed by atoms with E-state index in [9.17, 15) is 9.18 Å². The number of carbonyl (C=O) groups is 1. The minimum absolute atomic E-state index is 0.224. The number of urea groups is 1. The fourth-order valence-electron chi connectivity index (χ4n) is 2.96. The zero-order valence-electron chi connectivity index (χ0n) is 19.6. The molecule has 2 aromatic heterocycles. The Balaban J connectivity index is 1.63. The Labute approximate surface area is 197 Å². The predicted octanol–water partition coefficient (Wildman–Crippen LogP) is 3.87. The molecular weight excluding hydrogens is 443 g/mol. The monoisotopic (exact) mass is 472 g/mol. The number of methoxy groups -OCH3 is 2. The maximum atomic E-state index is 14.8. The lowest BCUT2D eigenvalue weighted by atomic mass is 10.1. The molecule has 0 saturated heterocycles. The lowest BCUT2D eigenvalue weighted by Gasteiger charge is -2.22. The van der Waals surface area contributed by atoms with Crippen LogP contribution in [-0.4, -0.2) is 60.6 Å². The lowest BCUT2D eigenvalue weighted by molar-refractivity contribution is 0.0165. The normalized spacial score (nSPS) is 11.3. The topological polar surface area (TPSA) is 120 Å². The van der Waals surface area contributed by atoms with Crippen molar-refractivity contribution in [2.45, 2.75) is 25.9 Å². The van der Waals surface area contributed by atoms with E-state index in [4.69, 9.17) is 14.2 Å². The van der Waals surface area contributed by atoms with Crippen molar-refractivity contribution in [3.05, 3.63) is 42.6 Å². The molecule has 3 rings (SSSR count). The summed E-state index contributed by atoms with van der Waals surface area (Å²) in [5.74, 6) is 0.484. The molecule has 2 amide bonds. The van der Waals surface area contributed by atoms with Gasteiger partial charge in [0.15, 0.2) is 0 Å². The van der Waals surface area contributed by atoms with E-state index < -0.39 is 5.82 Å². The van der Waals surface area contributed by atoms with E-state index in [2.05, 4.69) is 30.9 Å². The number of nitrogens with zero attached hydrogens (tertiary/aromatic N) is 3. The average Bonchev–Trinajstić information content (AvgIpc) is 2.80. The highest BCUT2D eigenvalue weighted by atomic mass is 19.1. The number of ether oxygens (including phenoxy) is 3. The Hall–Kier alpha value is -3.57. The molecule has 0 fully saturated rings. The van der Waals surface area contributed by atoms with Crippen LogP contribution in [0.2, 0.25) is 0 Å². The van der Waals surface area contributed by atoms with Crippen LogP contribution in [0.15, 0.2) is 36.8 Å². The van der Waals surface area contributed by atoms with Gasteiger partial charge in [0, 0.05) is 32.9 Å². The number of benzene rings is 1. The van der Waals surface area contributed by atoms with E-state index in [0.29, 0.717) is 49.0 Å². The molecule has 182 valence electrons. The van der Waals surface area contributed by atoms with E-state index >= 15 is 0 Å². The summed E-state index contributed by atoms with van der Waals surface area (Å²) in [4.78, 5) is 24.6. The Morgan fingerprint density at radius 1 is 1.12 bits per heavy atom. The highest BCUT2D eigenvalue weighted by molar-refractivity contribution is 5.92. The van der Waals surface area contributed by atoms with Crippen LogP contribution in [0.3, 0.4) is 0 Å². The molecule has 11 heteroatoms. The number of amides is 2. The summed E-state index contributed by atoms with van der Waals surface area (Å²) in [6.45, 7) is 5.04. The highest BCUT2D eigenvalue weighted by Crippen LogP contribution is 2.29. The van der Waals surface area contributed by atoms with Crippen LogP contribution in [0, 0.1) is 5.82 Å². The van der Waals surface area contributed by atoms with E-state index in [-0.39, 0.29) is 22.8 Å². The van der Waals surface area contributed by atoms with Gasteiger partial charge < -0.3 is 24.8 Å². The van der Waals surface area contributed by atoms with Gasteiger partial charge in [-0.05, 0) is 32.4 Å². The Bertz CT molecular complexity index is 1110. The number of halogens is 1. The van der Waals surface area contributed by atoms with E-state index in [0.717, 1.165) is 0 Å². The molecule has 0 atom stereocenters. The van der Waals surface area contributed by atoms with Gasteiger partial charge >= 0.3 is 6.03 Å². The van der Waals surface area contributed by atoms with Gasteiger partial charge in [-0.3, -0.25) is 5.32 Å². The third-order valence-electron chi connectivity index (χ3n) is 5.05. The second-order valence-corrected chi connectivity index (χ2v) is 8.01. The van der Waals surface area contributed by atoms with Crippen LogP contribution in [0.25, 0.3) is 10.9 Å². The molecule has 0 aliphatic carbocycles. The summed E-state index contributed by atoms with van der Waals surface area (Å²) in [6.07, 6.45) is 3.51. The van der Waals surface area contributed by atoms with E-state index in [1.807, 2.05) is 13.8 Å². The van der Waals surface area contributed by atoms with Crippen LogP contribution in [-0.2, 0) is 9.47 Å². The lowest BCUT2D eigenvalue weighted by Crippen LogP contribution is -2.34. The first kappa shape index (κ1) is 25.1. The average molecular weight is 473 g/mol. The van der Waals surface area contributed by atoms with Gasteiger partial charge in [0.1, 0.15) is 36.1 Å². The van der Waals surface area contributed by atoms with Crippen LogP contribution in [0.1, 0.15) is 20.3 Å². The maximum Gasteiger partial charge on any atom is 0.320 e. The predicted molar refractivity (Wildman–Crippen MR) is 127 cm³/mol. The van der Waals surface area contributed by atoms with E-state index in [1.54, 1.807) is 32.4 Å². The van der Waals surface area contributed by atoms with Crippen molar-refractivity contribution >= 4 is 34.3 Å². The van der Waals surface area contributed by atoms with Crippen LogP contribution < -0.4 is 20.7 Å². The SMILES string of the molecule is COCCOc1cc(F)c2c(Nc3ccc(NC(=O)NCCC(C)(C)OC)nc3)ncnc2c1. The number of rotatable bonds is 11. The molecule has 0 aliphatic heterocycles. The van der Waals surface area contributed by atoms with Crippen molar-refractivity contribution in [1.82, 2.24) is 20.3 Å². The minimum Gasteiger partial charge on any atom is -0.491 e. The first-order chi connectivity index (χ1) is 16.3. The third-order valence-corrected chi connectivity index (χ3v) is 5.05. The quantitative estimate of drug-likeness (QED) is 0.360. The van der Waals surface area contributed by atoms with Crippen LogP contribution in [0.5, 0.6) is 5.75 Å². The summed E-state index contributed by atoms with van der Waals surface area (Å²) in [5, 5.41) is 8.69. The molecule has 0 saturated carbocycles. The van der Waals surface area contributed by atoms with Gasteiger partial charge in [0.25, 0.3) is 0 Å². The molecule has 10 nitrogen and oxygen atoms in total. The van der Waals surface area contributed by atoms with Crippen molar-refractivity contribution in [2.75, 3.05) is 44.6 Å². The fraction of sp³-hybridized carbons (Fsp3) is 0.391. The number of aromatic nitrogens is 3. The maximum absolute atomic E-state index is 14.8. The van der Waals surface area contributed by atoms with Gasteiger partial charge in [0.05, 0.1) is 35.0 Å². The van der Waals surface area contributed by atoms with Gasteiger partial charge in [-0.15, -0.1) is 0 Å². The summed E-state index contributed by atoms with van der Waals surface area (Å²) in [6, 6.07) is 5.88. The number of fused-ring (bicyclic) bond motifs is 1. The summed E-state index contributed by atoms with van der Waals surface area (Å²) in [7, 11) is 3.20. The zero-order valence-corrected chi connectivity index (χ0v) is 19.6. The summed E-state index contributed by atoms with van der Waals surface area (Å²) in [5.41, 5.74) is 0.638. The highest BCUT2D eigenvalue weighted by Gasteiger charge is 2.16. The molecule has 34 heavy (non-hydrogen) atoms. The molecule has 0 bridgehead atoms. The fourth-order valence-corrected chi connectivity index (χ4v) is 2.96. The number of nitrogens with one attached hydrogen (secondary N) is 3. The smallest absolute Gasteiger partial charge is 0.320 e. The molecule has 3 N–H and O–H groups in total. The van der Waals surface area contributed by atoms with Crippen LogP contribution in [0.4, 0.5) is 26.5 Å². The molecule has 2 heterocycles. The first-order valence-electron chi connectivity index (χ1n) is 10.7. The summed E-state index contributed by atoms with van der Waals surface area (Å²) < 4.78 is 30.6. The molecule has 3 aromatic rings. The number of hydrogen-bond acceptors (Lipinski definition) is 8. The van der Waals surface area contributed by atoms with Crippen molar-refractivity contribution in [3.8, 4) is 5.75 Å². The van der Waals surface area contributed by atoms with Gasteiger partial charge in [-0.2, -0.15) is 0 Å². The van der Waals surface area contributed by atoms with Crippen molar-refractivity contribution in [2.24, 2.45) is 0 Å². The Morgan fingerprint density at radius 2 is 1.94 bits per heavy atom. The molecule has 0 spiro atoms. The molecule has 0 radical (unpaired) electrons. The summed E-state index contributed by atoms with van der Waals surface area (Å²) >= 11 is 0. The van der Waals surface area contributed by atoms with Crippen molar-refractivity contribution in [3.63, 3.8) is 0 Å². The minimum atomic E-state index is -0.521. The zero-order chi connectivity index (χ0) is 24.6. The van der Waals surface area contributed by atoms with Crippen molar-refractivity contribution in [1.29, 1.82) is 0 Å². The number of pyridine rings is 1. The number of carbonyl (C=O) groups excluding carboxylic acids is 1. The number of anilines is 3. The Kier molecular flexibility index (Phi) is 8.50. The van der Waals surface area contributed by atoms with E-state index in [1.165, 1.54) is 18.6 Å². The van der Waals surface area contributed by atoms with Crippen LogP contribution >= 0.6 is 0 Å². The first-order valence-corrected chi connectivity index (χ1v) is 10.7. The Morgan fingerprint density at radius 3 is 2.65 bits per heavy atom. The molecule has 0 aliphatic rings. The standard InChI is InChI=1S/C23H29FN6O4/c1-23(2,33-4)7-8-25-22(31)30-19-6-5-15(13-26-19)29-21-20-17(24)11-16(34-10-9-32-3)12-18(20)27-14-28-21/h5-6,11-14H,7-10H2,1-4H3,(H,27,28,29)(H2,25,26,30,31). The second-order valence-electron chi connectivity index (χ2n) is 8.01. The van der Waals surface area contributed by atoms with Gasteiger partial charge in [-0.1, -0.05) is 0 Å². The molecule has 0 unspecified atom stereocenters. The van der Waals surface area contributed by atoms with Gasteiger partial charge in [-0.25, -0.2) is 24.1 Å². The largest absolute Gasteiger partial charge is 0.491 e. The third kappa shape index (κ3) is 6.96. The second kappa shape index (κ2) is 11.5. The number of hydrogen-bond donors (Lipinski definition) is 3. The van der Waals surface area contributed by atoms with Gasteiger partial charge in [0.2, 0.25) is 0 Å². The molecular formula is C23H29FN6O4. The van der Waals surface area contributed by atoms with Crippen molar-refractivity contribution < 1.29 is 23.4 Å².